The highest BCUT2D eigenvalue weighted by atomic mass is 32.1. The fourth-order valence-electron chi connectivity index (χ4n) is 1.66. The number of nitrogens with one attached hydrogen (secondary N) is 3. The number of ether oxygens (including phenoxy) is 1. The van der Waals surface area contributed by atoms with Crippen molar-refractivity contribution in [2.24, 2.45) is 0 Å². The average molecular weight is 309 g/mol. The molecule has 1 aromatic rings. The Kier molecular flexibility index (Phi) is 6.42. The SMILES string of the molecule is CNC(=S)Nc1ccccc1CCNC(=O)OC(C)(C)C. The van der Waals surface area contributed by atoms with E-state index in [0.717, 1.165) is 11.3 Å². The zero-order valence-corrected chi connectivity index (χ0v) is 13.8. The second kappa shape index (κ2) is 7.83. The van der Waals surface area contributed by atoms with Crippen molar-refractivity contribution < 1.29 is 9.53 Å². The highest BCUT2D eigenvalue weighted by molar-refractivity contribution is 7.80. The molecule has 0 bridgehead atoms. The molecule has 0 aromatic heterocycles. The lowest BCUT2D eigenvalue weighted by atomic mass is 10.1. The van der Waals surface area contributed by atoms with Crippen LogP contribution in [0.1, 0.15) is 26.3 Å². The summed E-state index contributed by atoms with van der Waals surface area (Å²) in [6.07, 6.45) is 0.285. The van der Waals surface area contributed by atoms with Crippen molar-refractivity contribution in [1.29, 1.82) is 0 Å². The van der Waals surface area contributed by atoms with E-state index in [9.17, 15) is 4.79 Å². The van der Waals surface area contributed by atoms with Crippen LogP contribution in [0.2, 0.25) is 0 Å². The van der Waals surface area contributed by atoms with Crippen LogP contribution >= 0.6 is 12.2 Å². The van der Waals surface area contributed by atoms with E-state index in [2.05, 4.69) is 16.0 Å². The molecule has 0 aliphatic carbocycles. The Labute approximate surface area is 131 Å². The molecule has 0 heterocycles. The zero-order valence-electron chi connectivity index (χ0n) is 12.9. The summed E-state index contributed by atoms with van der Waals surface area (Å²) in [4.78, 5) is 11.6. The van der Waals surface area contributed by atoms with E-state index in [-0.39, 0.29) is 0 Å². The lowest BCUT2D eigenvalue weighted by molar-refractivity contribution is 0.0528. The zero-order chi connectivity index (χ0) is 15.9. The molecule has 0 aliphatic rings. The maximum atomic E-state index is 11.6. The van der Waals surface area contributed by atoms with E-state index >= 15 is 0 Å². The van der Waals surface area contributed by atoms with Crippen LogP contribution < -0.4 is 16.0 Å². The fourth-order valence-corrected chi connectivity index (χ4v) is 1.77. The number of benzene rings is 1. The van der Waals surface area contributed by atoms with Crippen LogP contribution in [-0.4, -0.2) is 30.4 Å². The first-order chi connectivity index (χ1) is 9.81. The standard InChI is InChI=1S/C15H23N3O2S/c1-15(2,3)20-14(19)17-10-9-11-7-5-6-8-12(11)18-13(21)16-4/h5-8H,9-10H2,1-4H3,(H,17,19)(H2,16,18,21). The van der Waals surface area contributed by atoms with Gasteiger partial charge in [-0.2, -0.15) is 0 Å². The number of thiocarbonyl (C=S) groups is 1. The molecule has 0 unspecified atom stereocenters. The van der Waals surface area contributed by atoms with E-state index in [0.29, 0.717) is 18.1 Å². The van der Waals surface area contributed by atoms with Crippen molar-refractivity contribution in [2.75, 3.05) is 18.9 Å². The van der Waals surface area contributed by atoms with E-state index in [1.165, 1.54) is 0 Å². The Hall–Kier alpha value is -1.82. The number of alkyl carbamates (subject to hydrolysis) is 1. The number of hydrogen-bond donors (Lipinski definition) is 3. The van der Waals surface area contributed by atoms with Crippen LogP contribution in [-0.2, 0) is 11.2 Å². The molecule has 1 rings (SSSR count). The molecule has 21 heavy (non-hydrogen) atoms. The van der Waals surface area contributed by atoms with Crippen LogP contribution in [0.5, 0.6) is 0 Å². The van der Waals surface area contributed by atoms with E-state index in [4.69, 9.17) is 17.0 Å². The highest BCUT2D eigenvalue weighted by Crippen LogP contribution is 2.15. The van der Waals surface area contributed by atoms with Crippen LogP contribution in [0.3, 0.4) is 0 Å². The molecule has 0 fully saturated rings. The van der Waals surface area contributed by atoms with Gasteiger partial charge in [-0.05, 0) is 51.0 Å². The molecule has 0 aliphatic heterocycles. The maximum Gasteiger partial charge on any atom is 0.407 e. The molecule has 0 saturated heterocycles. The van der Waals surface area contributed by atoms with Gasteiger partial charge in [-0.3, -0.25) is 0 Å². The van der Waals surface area contributed by atoms with Gasteiger partial charge in [-0.25, -0.2) is 4.79 Å². The third-order valence-corrected chi connectivity index (χ3v) is 2.86. The number of amides is 1. The largest absolute Gasteiger partial charge is 0.444 e. The summed E-state index contributed by atoms with van der Waals surface area (Å²) in [5, 5.41) is 9.29. The predicted octanol–water partition coefficient (Wildman–Crippen LogP) is 2.67. The van der Waals surface area contributed by atoms with Crippen LogP contribution in [0.25, 0.3) is 0 Å². The minimum atomic E-state index is -0.484. The van der Waals surface area contributed by atoms with Gasteiger partial charge in [0.15, 0.2) is 5.11 Å². The molecule has 0 spiro atoms. The molecule has 3 N–H and O–H groups in total. The third-order valence-electron chi connectivity index (χ3n) is 2.56. The number of hydrogen-bond acceptors (Lipinski definition) is 3. The first kappa shape index (κ1) is 17.2. The second-order valence-corrected chi connectivity index (χ2v) is 5.95. The summed E-state index contributed by atoms with van der Waals surface area (Å²) in [6, 6.07) is 7.84. The van der Waals surface area contributed by atoms with E-state index < -0.39 is 11.7 Å². The van der Waals surface area contributed by atoms with Crippen molar-refractivity contribution >= 4 is 29.1 Å². The van der Waals surface area contributed by atoms with Gasteiger partial charge in [0.1, 0.15) is 5.60 Å². The van der Waals surface area contributed by atoms with Gasteiger partial charge in [0.05, 0.1) is 0 Å². The Balaban J connectivity index is 2.52. The Morgan fingerprint density at radius 2 is 1.95 bits per heavy atom. The Morgan fingerprint density at radius 3 is 2.57 bits per heavy atom. The van der Waals surface area contributed by atoms with E-state index in [1.807, 2.05) is 45.0 Å². The Morgan fingerprint density at radius 1 is 1.29 bits per heavy atom. The Bertz CT molecular complexity index is 498. The normalized spacial score (nSPS) is 10.7. The summed E-state index contributed by atoms with van der Waals surface area (Å²) in [7, 11) is 1.77. The first-order valence-corrected chi connectivity index (χ1v) is 7.26. The van der Waals surface area contributed by atoms with Gasteiger partial charge in [0, 0.05) is 19.3 Å². The fraction of sp³-hybridized carbons (Fsp3) is 0.467. The third kappa shape index (κ3) is 6.94. The van der Waals surface area contributed by atoms with Gasteiger partial charge >= 0.3 is 6.09 Å². The molecule has 0 saturated carbocycles. The van der Waals surface area contributed by atoms with Crippen LogP contribution in [0.4, 0.5) is 10.5 Å². The molecule has 1 amide bonds. The topological polar surface area (TPSA) is 62.4 Å². The number of anilines is 1. The van der Waals surface area contributed by atoms with Crippen LogP contribution in [0, 0.1) is 0 Å². The van der Waals surface area contributed by atoms with Crippen molar-refractivity contribution in [2.45, 2.75) is 32.8 Å². The lowest BCUT2D eigenvalue weighted by Crippen LogP contribution is -2.33. The summed E-state index contributed by atoms with van der Waals surface area (Å²) < 4.78 is 5.19. The number of carbonyl (C=O) groups excluding carboxylic acids is 1. The quantitative estimate of drug-likeness (QED) is 0.746. The molecule has 116 valence electrons. The van der Waals surface area contributed by atoms with Gasteiger partial charge in [-0.1, -0.05) is 18.2 Å². The van der Waals surface area contributed by atoms with Crippen molar-refractivity contribution in [3.63, 3.8) is 0 Å². The number of rotatable bonds is 4. The molecule has 0 radical (unpaired) electrons. The monoisotopic (exact) mass is 309 g/mol. The predicted molar refractivity (Wildman–Crippen MR) is 89.7 cm³/mol. The van der Waals surface area contributed by atoms with Crippen molar-refractivity contribution in [3.8, 4) is 0 Å². The summed E-state index contributed by atoms with van der Waals surface area (Å²) >= 11 is 5.10. The van der Waals surface area contributed by atoms with Crippen LogP contribution in [0.15, 0.2) is 24.3 Å². The maximum absolute atomic E-state index is 11.6. The summed E-state index contributed by atoms with van der Waals surface area (Å²) in [5.74, 6) is 0. The van der Waals surface area contributed by atoms with Gasteiger partial charge in [0.2, 0.25) is 0 Å². The van der Waals surface area contributed by atoms with Crippen molar-refractivity contribution in [1.82, 2.24) is 10.6 Å². The second-order valence-electron chi connectivity index (χ2n) is 5.54. The minimum absolute atomic E-state index is 0.404. The minimum Gasteiger partial charge on any atom is -0.444 e. The molecule has 0 atom stereocenters. The smallest absolute Gasteiger partial charge is 0.407 e. The van der Waals surface area contributed by atoms with Gasteiger partial charge in [-0.15, -0.1) is 0 Å². The number of para-hydroxylation sites is 1. The first-order valence-electron chi connectivity index (χ1n) is 6.85. The molecular weight excluding hydrogens is 286 g/mol. The molecule has 6 heteroatoms. The van der Waals surface area contributed by atoms with Gasteiger partial charge < -0.3 is 20.7 Å². The molecule has 5 nitrogen and oxygen atoms in total. The van der Waals surface area contributed by atoms with Gasteiger partial charge in [0.25, 0.3) is 0 Å². The average Bonchev–Trinajstić information content (AvgIpc) is 2.38. The lowest BCUT2D eigenvalue weighted by Gasteiger charge is -2.20. The molecular formula is C15H23N3O2S. The molecule has 1 aromatic carbocycles. The summed E-state index contributed by atoms with van der Waals surface area (Å²) in [5.41, 5.74) is 1.52. The van der Waals surface area contributed by atoms with E-state index in [1.54, 1.807) is 7.05 Å². The summed E-state index contributed by atoms with van der Waals surface area (Å²) in [6.45, 7) is 6.01. The van der Waals surface area contributed by atoms with Crippen molar-refractivity contribution in [3.05, 3.63) is 29.8 Å². The number of carbonyl (C=O) groups is 1. The highest BCUT2D eigenvalue weighted by Gasteiger charge is 2.15.